The molecule has 0 aromatic heterocycles. The van der Waals surface area contributed by atoms with Gasteiger partial charge in [0.2, 0.25) is 0 Å². The van der Waals surface area contributed by atoms with Gasteiger partial charge in [0.05, 0.1) is 5.34 Å². The molecule has 3 aromatic rings. The van der Waals surface area contributed by atoms with E-state index in [1.54, 1.807) is 24.3 Å². The van der Waals surface area contributed by atoms with Gasteiger partial charge in [-0.25, -0.2) is 14.0 Å². The molecule has 0 aliphatic heterocycles. The van der Waals surface area contributed by atoms with Gasteiger partial charge in [0, 0.05) is 11.5 Å². The molecule has 1 atom stereocenters. The van der Waals surface area contributed by atoms with Crippen LogP contribution in [0.2, 0.25) is 0 Å². The Labute approximate surface area is 190 Å². The van der Waals surface area contributed by atoms with E-state index in [9.17, 15) is 31.7 Å². The quantitative estimate of drug-likeness (QED) is 0.143. The van der Waals surface area contributed by atoms with E-state index in [1.165, 1.54) is 6.07 Å². The van der Waals surface area contributed by atoms with E-state index in [1.807, 2.05) is 24.3 Å². The fourth-order valence-electron chi connectivity index (χ4n) is 3.91. The first-order chi connectivity index (χ1) is 16.2. The lowest BCUT2D eigenvalue weighted by Crippen LogP contribution is -2.57. The summed E-state index contributed by atoms with van der Waals surface area (Å²) in [5.74, 6) is -13.6. The molecule has 0 saturated carbocycles. The van der Waals surface area contributed by atoms with Crippen molar-refractivity contribution < 1.29 is 41.2 Å². The van der Waals surface area contributed by atoms with Gasteiger partial charge in [-0.3, -0.25) is 0 Å². The Morgan fingerprint density at radius 1 is 0.794 bits per heavy atom. The second-order valence-corrected chi connectivity index (χ2v) is 7.47. The Balaban J connectivity index is 1.50. The molecule has 10 heteroatoms. The molecule has 0 unspecified atom stereocenters. The van der Waals surface area contributed by atoms with Crippen LogP contribution in [0.5, 0.6) is 0 Å². The molecule has 0 saturated heterocycles. The molecule has 0 radical (unpaired) electrons. The molecule has 1 aliphatic rings. The van der Waals surface area contributed by atoms with Crippen molar-refractivity contribution in [2.75, 3.05) is 6.61 Å². The number of hydrogen-bond acceptors (Lipinski definition) is 5. The smallest absolute Gasteiger partial charge is 0.433 e. The molecule has 5 nitrogen and oxygen atoms in total. The summed E-state index contributed by atoms with van der Waals surface area (Å²) in [5, 5.41) is -2.63. The van der Waals surface area contributed by atoms with E-state index in [0.29, 0.717) is 12.1 Å². The first-order valence-corrected chi connectivity index (χ1v) is 9.99. The molecule has 34 heavy (non-hydrogen) atoms. The van der Waals surface area contributed by atoms with Crippen LogP contribution < -0.4 is 0 Å². The number of nitrogens with zero attached hydrogens (tertiary/aromatic N) is 1. The second-order valence-electron chi connectivity index (χ2n) is 7.47. The van der Waals surface area contributed by atoms with Gasteiger partial charge in [-0.15, -0.1) is 0 Å². The molecule has 0 N–H and O–H groups in total. The lowest BCUT2D eigenvalue weighted by Gasteiger charge is -2.30. The zero-order valence-corrected chi connectivity index (χ0v) is 17.3. The highest BCUT2D eigenvalue weighted by molar-refractivity contribution is 5.88. The molecular weight excluding hydrogens is 461 g/mol. The topological polar surface area (TPSA) is 55.8 Å². The highest BCUT2D eigenvalue weighted by Crippen LogP contribution is 2.46. The number of hydrogen-bond donors (Lipinski definition) is 0. The first-order valence-electron chi connectivity index (χ1n) is 9.99. The van der Waals surface area contributed by atoms with E-state index in [0.717, 1.165) is 34.4 Å². The molecule has 1 aliphatic carbocycles. The number of alkyl halides is 3. The standard InChI is InChI=1S/C24H16F5NO4/c25-23(26,15-8-2-1-3-9-15)24(27,30(28)29)21(31)34-22(32)33-14-20-18-12-6-4-10-16(18)17-11-5-7-13-19(17)20/h1-13,20H,14H2/t24-/m1/s1. The van der Waals surface area contributed by atoms with E-state index in [-0.39, 0.29) is 0 Å². The van der Waals surface area contributed by atoms with Crippen molar-refractivity contribution in [2.45, 2.75) is 17.6 Å². The third-order valence-corrected chi connectivity index (χ3v) is 5.56. The lowest BCUT2D eigenvalue weighted by atomic mass is 9.98. The van der Waals surface area contributed by atoms with E-state index in [4.69, 9.17) is 4.74 Å². The van der Waals surface area contributed by atoms with Gasteiger partial charge in [0.1, 0.15) is 6.61 Å². The second kappa shape index (κ2) is 8.86. The van der Waals surface area contributed by atoms with Crippen molar-refractivity contribution in [3.8, 4) is 11.1 Å². The van der Waals surface area contributed by atoms with Gasteiger partial charge in [0.25, 0.3) is 0 Å². The lowest BCUT2D eigenvalue weighted by molar-refractivity contribution is -0.340. The van der Waals surface area contributed by atoms with Gasteiger partial charge < -0.3 is 9.47 Å². The van der Waals surface area contributed by atoms with E-state index < -0.39 is 47.3 Å². The molecule has 0 heterocycles. The SMILES string of the molecule is O=C(OCC1c2ccccc2-c2ccccc21)OC(=O)[C@@](F)(N(F)F)C(F)(F)c1ccccc1. The molecule has 0 spiro atoms. The number of ether oxygens (including phenoxy) is 2. The number of rotatable bonds is 6. The predicted octanol–water partition coefficient (Wildman–Crippen LogP) is 6.01. The van der Waals surface area contributed by atoms with Gasteiger partial charge in [-0.1, -0.05) is 87.8 Å². The Bertz CT molecular complexity index is 1180. The minimum atomic E-state index is -5.28. The zero-order chi connectivity index (χ0) is 24.5. The van der Waals surface area contributed by atoms with Crippen molar-refractivity contribution in [3.63, 3.8) is 0 Å². The number of carbonyl (C=O) groups is 2. The van der Waals surface area contributed by atoms with Crippen LogP contribution >= 0.6 is 0 Å². The summed E-state index contributed by atoms with van der Waals surface area (Å²) in [7, 11) is 0. The maximum Gasteiger partial charge on any atom is 0.516 e. The molecular formula is C24H16F5NO4. The van der Waals surface area contributed by atoms with Crippen LogP contribution in [0.15, 0.2) is 78.9 Å². The van der Waals surface area contributed by atoms with Gasteiger partial charge >= 0.3 is 23.8 Å². The Hall–Kier alpha value is -3.79. The number of esters is 1. The van der Waals surface area contributed by atoms with Crippen molar-refractivity contribution in [2.24, 2.45) is 0 Å². The zero-order valence-electron chi connectivity index (χ0n) is 17.3. The third kappa shape index (κ3) is 3.79. The van der Waals surface area contributed by atoms with Gasteiger partial charge in [-0.05, 0) is 22.3 Å². The highest BCUT2D eigenvalue weighted by Gasteiger charge is 2.69. The number of halogens is 5. The van der Waals surface area contributed by atoms with Crippen LogP contribution in [0.25, 0.3) is 11.1 Å². The summed E-state index contributed by atoms with van der Waals surface area (Å²) in [6, 6.07) is 19.1. The number of fused-ring (bicyclic) bond motifs is 3. The third-order valence-electron chi connectivity index (χ3n) is 5.56. The largest absolute Gasteiger partial charge is 0.516 e. The molecule has 4 rings (SSSR count). The predicted molar refractivity (Wildman–Crippen MR) is 109 cm³/mol. The summed E-state index contributed by atoms with van der Waals surface area (Å²) >= 11 is 0. The van der Waals surface area contributed by atoms with Crippen LogP contribution in [-0.4, -0.2) is 29.9 Å². The van der Waals surface area contributed by atoms with E-state index in [2.05, 4.69) is 4.74 Å². The van der Waals surface area contributed by atoms with Crippen LogP contribution in [0.4, 0.5) is 26.9 Å². The summed E-state index contributed by atoms with van der Waals surface area (Å²) in [6.07, 6.45) is -1.89. The Morgan fingerprint density at radius 2 is 1.29 bits per heavy atom. The van der Waals surface area contributed by atoms with Crippen molar-refractivity contribution in [1.82, 2.24) is 5.34 Å². The fraction of sp³-hybridized carbons (Fsp3) is 0.167. The summed E-state index contributed by atoms with van der Waals surface area (Å²) in [4.78, 5) is 24.1. The fourth-order valence-corrected chi connectivity index (χ4v) is 3.91. The molecule has 0 bridgehead atoms. The summed E-state index contributed by atoms with van der Waals surface area (Å²) < 4.78 is 79.2. The number of benzene rings is 3. The van der Waals surface area contributed by atoms with E-state index >= 15 is 0 Å². The summed E-state index contributed by atoms with van der Waals surface area (Å²) in [5.41, 5.74) is 2.12. The average molecular weight is 477 g/mol. The summed E-state index contributed by atoms with van der Waals surface area (Å²) in [6.45, 7) is -0.399. The maximum absolute atomic E-state index is 14.8. The monoisotopic (exact) mass is 477 g/mol. The van der Waals surface area contributed by atoms with Crippen LogP contribution in [-0.2, 0) is 20.2 Å². The molecule has 0 amide bonds. The van der Waals surface area contributed by atoms with Gasteiger partial charge in [0.15, 0.2) is 0 Å². The van der Waals surface area contributed by atoms with Crippen molar-refractivity contribution in [1.29, 1.82) is 0 Å². The maximum atomic E-state index is 14.8. The minimum absolute atomic E-state index is 0.399. The van der Waals surface area contributed by atoms with Gasteiger partial charge in [-0.2, -0.15) is 8.78 Å². The minimum Gasteiger partial charge on any atom is -0.433 e. The normalized spacial score (nSPS) is 14.8. The van der Waals surface area contributed by atoms with Crippen LogP contribution in [0.3, 0.4) is 0 Å². The molecule has 0 fully saturated rings. The van der Waals surface area contributed by atoms with Crippen LogP contribution in [0, 0.1) is 0 Å². The molecule has 176 valence electrons. The highest BCUT2D eigenvalue weighted by atomic mass is 19.4. The van der Waals surface area contributed by atoms with Crippen LogP contribution in [0.1, 0.15) is 22.6 Å². The number of carbonyl (C=O) groups excluding carboxylic acids is 2. The van der Waals surface area contributed by atoms with Crippen molar-refractivity contribution in [3.05, 3.63) is 95.6 Å². The first kappa shape index (κ1) is 23.4. The molecule has 3 aromatic carbocycles. The Morgan fingerprint density at radius 3 is 1.82 bits per heavy atom. The Kier molecular flexibility index (Phi) is 6.09. The van der Waals surface area contributed by atoms with Crippen molar-refractivity contribution >= 4 is 12.1 Å². The average Bonchev–Trinajstić information content (AvgIpc) is 3.16.